The number of carbonyl (C=O) groups is 3. The van der Waals surface area contributed by atoms with Gasteiger partial charge in [-0.2, -0.15) is 0 Å². The minimum Gasteiger partial charge on any atom is -0.479 e. The number of nitrogens with one attached hydrogen (secondary N) is 1. The van der Waals surface area contributed by atoms with E-state index >= 15 is 0 Å². The molecule has 0 aliphatic carbocycles. The van der Waals surface area contributed by atoms with Crippen LogP contribution in [0.3, 0.4) is 0 Å². The Balaban J connectivity index is 3.28. The van der Waals surface area contributed by atoms with Crippen molar-refractivity contribution >= 4 is 23.5 Å². The molecule has 0 radical (unpaired) electrons. The minimum atomic E-state index is -2.22. The molecule has 0 aromatic heterocycles. The summed E-state index contributed by atoms with van der Waals surface area (Å²) >= 11 is 0. The van der Waals surface area contributed by atoms with E-state index in [0.717, 1.165) is 6.92 Å². The number of para-hydroxylation sites is 1. The second kappa shape index (κ2) is 7.62. The van der Waals surface area contributed by atoms with Crippen molar-refractivity contribution in [3.8, 4) is 0 Å². The second-order valence-corrected chi connectivity index (χ2v) is 5.39. The highest BCUT2D eigenvalue weighted by Crippen LogP contribution is 2.22. The number of carboxylic acids is 1. The Morgan fingerprint density at radius 2 is 1.96 bits per heavy atom. The van der Waals surface area contributed by atoms with Crippen LogP contribution in [0.2, 0.25) is 0 Å². The van der Waals surface area contributed by atoms with Gasteiger partial charge in [0.15, 0.2) is 0 Å². The van der Waals surface area contributed by atoms with Crippen LogP contribution in [-0.4, -0.2) is 34.6 Å². The number of carbonyl (C=O) groups excluding carboxylic acids is 2. The topological polar surface area (TPSA) is 119 Å². The molecule has 1 aromatic carbocycles. The molecule has 1 amide bonds. The van der Waals surface area contributed by atoms with Gasteiger partial charge in [-0.15, -0.1) is 0 Å². The number of nitrogens with two attached hydrogens (primary N) is 1. The molecule has 0 saturated heterocycles. The zero-order valence-corrected chi connectivity index (χ0v) is 13.5. The lowest BCUT2D eigenvalue weighted by Crippen LogP contribution is -2.62. The minimum absolute atomic E-state index is 0.302. The van der Waals surface area contributed by atoms with Crippen molar-refractivity contribution in [2.24, 2.45) is 0 Å². The van der Waals surface area contributed by atoms with Crippen molar-refractivity contribution in [2.75, 3.05) is 5.73 Å². The van der Waals surface area contributed by atoms with Gasteiger partial charge in [-0.25, -0.2) is 9.59 Å². The second-order valence-electron chi connectivity index (χ2n) is 5.39. The number of esters is 1. The summed E-state index contributed by atoms with van der Waals surface area (Å²) in [4.78, 5) is 35.8. The van der Waals surface area contributed by atoms with E-state index in [4.69, 9.17) is 10.5 Å². The Morgan fingerprint density at radius 1 is 1.35 bits per heavy atom. The summed E-state index contributed by atoms with van der Waals surface area (Å²) in [5.74, 6) is -3.16. The first-order chi connectivity index (χ1) is 10.7. The number of hydrogen-bond donors (Lipinski definition) is 3. The summed E-state index contributed by atoms with van der Waals surface area (Å²) in [7, 11) is 0. The fraction of sp³-hybridized carbons (Fsp3) is 0.438. The monoisotopic (exact) mass is 322 g/mol. The molecule has 126 valence electrons. The zero-order chi connectivity index (χ0) is 17.6. The van der Waals surface area contributed by atoms with Crippen LogP contribution in [0.25, 0.3) is 0 Å². The largest absolute Gasteiger partial charge is 0.479 e. The van der Waals surface area contributed by atoms with Crippen molar-refractivity contribution < 1.29 is 24.2 Å². The van der Waals surface area contributed by atoms with Crippen molar-refractivity contribution in [3.05, 3.63) is 29.8 Å². The molecule has 0 aliphatic rings. The first-order valence-corrected chi connectivity index (χ1v) is 7.29. The van der Waals surface area contributed by atoms with E-state index in [2.05, 4.69) is 5.32 Å². The number of benzene rings is 1. The van der Waals surface area contributed by atoms with Gasteiger partial charge in [-0.3, -0.25) is 4.79 Å². The first kappa shape index (κ1) is 18.5. The molecule has 7 heteroatoms. The Hall–Kier alpha value is -2.57. The van der Waals surface area contributed by atoms with Gasteiger partial charge >= 0.3 is 11.9 Å². The maximum absolute atomic E-state index is 12.5. The van der Waals surface area contributed by atoms with Gasteiger partial charge in [-0.05, 0) is 25.0 Å². The van der Waals surface area contributed by atoms with Crippen molar-refractivity contribution in [1.29, 1.82) is 0 Å². The molecule has 7 nitrogen and oxygen atoms in total. The van der Waals surface area contributed by atoms with Crippen LogP contribution in [-0.2, 0) is 25.5 Å². The van der Waals surface area contributed by atoms with Gasteiger partial charge in [0.1, 0.15) is 0 Å². The smallest absolute Gasteiger partial charge is 0.344 e. The van der Waals surface area contributed by atoms with E-state index < -0.39 is 29.5 Å². The zero-order valence-electron chi connectivity index (χ0n) is 13.5. The van der Waals surface area contributed by atoms with Crippen LogP contribution in [0, 0.1) is 0 Å². The van der Waals surface area contributed by atoms with Gasteiger partial charge in [0.05, 0.1) is 6.10 Å². The van der Waals surface area contributed by atoms with E-state index in [-0.39, 0.29) is 6.42 Å². The van der Waals surface area contributed by atoms with Gasteiger partial charge in [0, 0.05) is 19.0 Å². The normalized spacial score (nSPS) is 14.4. The molecular weight excluding hydrogens is 300 g/mol. The third-order valence-electron chi connectivity index (χ3n) is 3.50. The summed E-state index contributed by atoms with van der Waals surface area (Å²) in [5, 5.41) is 11.9. The van der Waals surface area contributed by atoms with E-state index in [1.54, 1.807) is 38.1 Å². The van der Waals surface area contributed by atoms with Crippen molar-refractivity contribution in [2.45, 2.75) is 45.3 Å². The number of rotatable bonds is 7. The standard InChI is InChI=1S/C16H22N2O5/c1-4-10(2)23-15(22)16(14(20)21,18-11(3)19)9-12-7-5-6-8-13(12)17/h5-8,10H,4,9,17H2,1-3H3,(H,18,19)(H,20,21). The van der Waals surface area contributed by atoms with Gasteiger partial charge < -0.3 is 20.9 Å². The molecule has 0 saturated carbocycles. The lowest BCUT2D eigenvalue weighted by molar-refractivity contribution is -0.168. The van der Waals surface area contributed by atoms with Crippen LogP contribution in [0.5, 0.6) is 0 Å². The third kappa shape index (κ3) is 4.45. The highest BCUT2D eigenvalue weighted by Gasteiger charge is 2.49. The Bertz CT molecular complexity index is 602. The highest BCUT2D eigenvalue weighted by molar-refractivity contribution is 6.07. The third-order valence-corrected chi connectivity index (χ3v) is 3.50. The fourth-order valence-corrected chi connectivity index (χ4v) is 2.03. The number of nitrogen functional groups attached to an aromatic ring is 1. The summed E-state index contributed by atoms with van der Waals surface area (Å²) in [5.41, 5.74) is 4.38. The first-order valence-electron chi connectivity index (χ1n) is 7.29. The molecule has 0 spiro atoms. The van der Waals surface area contributed by atoms with E-state index in [0.29, 0.717) is 17.7 Å². The Morgan fingerprint density at radius 3 is 2.43 bits per heavy atom. The van der Waals surface area contributed by atoms with Crippen LogP contribution in [0.1, 0.15) is 32.8 Å². The Labute approximate surface area is 134 Å². The summed E-state index contributed by atoms with van der Waals surface area (Å²) < 4.78 is 5.16. The molecular formula is C16H22N2O5. The molecule has 23 heavy (non-hydrogen) atoms. The number of hydrogen-bond acceptors (Lipinski definition) is 5. The van der Waals surface area contributed by atoms with Crippen molar-refractivity contribution in [3.63, 3.8) is 0 Å². The molecule has 0 aliphatic heterocycles. The summed E-state index contributed by atoms with van der Waals surface area (Å²) in [6.45, 7) is 4.59. The fourth-order valence-electron chi connectivity index (χ4n) is 2.03. The number of amides is 1. The average molecular weight is 322 g/mol. The van der Waals surface area contributed by atoms with Crippen LogP contribution < -0.4 is 11.1 Å². The highest BCUT2D eigenvalue weighted by atomic mass is 16.5. The van der Waals surface area contributed by atoms with E-state index in [1.807, 2.05) is 0 Å². The number of aliphatic carboxylic acids is 1. The predicted molar refractivity (Wildman–Crippen MR) is 84.6 cm³/mol. The Kier molecular flexibility index (Phi) is 6.12. The summed E-state index contributed by atoms with van der Waals surface area (Å²) in [6.07, 6.45) is -0.248. The molecule has 2 atom stereocenters. The number of ether oxygens (including phenoxy) is 1. The SMILES string of the molecule is CCC(C)OC(=O)C(Cc1ccccc1N)(NC(C)=O)C(=O)O. The van der Waals surface area contributed by atoms with Crippen LogP contribution in [0.15, 0.2) is 24.3 Å². The average Bonchev–Trinajstić information content (AvgIpc) is 2.47. The molecule has 1 rings (SSSR count). The maximum atomic E-state index is 12.5. The quantitative estimate of drug-likeness (QED) is 0.393. The molecule has 0 bridgehead atoms. The predicted octanol–water partition coefficient (Wildman–Crippen LogP) is 1.11. The molecule has 2 unspecified atom stereocenters. The molecule has 0 heterocycles. The lowest BCUT2D eigenvalue weighted by atomic mass is 9.89. The lowest BCUT2D eigenvalue weighted by Gasteiger charge is -2.29. The summed E-state index contributed by atoms with van der Waals surface area (Å²) in [6, 6.07) is 6.56. The van der Waals surface area contributed by atoms with E-state index in [1.165, 1.54) is 0 Å². The number of anilines is 1. The van der Waals surface area contributed by atoms with Crippen LogP contribution >= 0.6 is 0 Å². The van der Waals surface area contributed by atoms with Crippen LogP contribution in [0.4, 0.5) is 5.69 Å². The maximum Gasteiger partial charge on any atom is 0.344 e. The molecule has 1 aromatic rings. The molecule has 0 fully saturated rings. The van der Waals surface area contributed by atoms with Gasteiger partial charge in [-0.1, -0.05) is 25.1 Å². The van der Waals surface area contributed by atoms with Gasteiger partial charge in [0.2, 0.25) is 11.4 Å². The van der Waals surface area contributed by atoms with Crippen molar-refractivity contribution in [1.82, 2.24) is 5.32 Å². The van der Waals surface area contributed by atoms with Gasteiger partial charge in [0.25, 0.3) is 0 Å². The molecule has 4 N–H and O–H groups in total. The van der Waals surface area contributed by atoms with E-state index in [9.17, 15) is 19.5 Å². The number of carboxylic acid groups (broad SMARTS) is 1.